The second-order valence-corrected chi connectivity index (χ2v) is 5.10. The summed E-state index contributed by atoms with van der Waals surface area (Å²) in [5.41, 5.74) is 6.32. The second kappa shape index (κ2) is 7.19. The predicted octanol–water partition coefficient (Wildman–Crippen LogP) is -0.298. The molecule has 1 aromatic carbocycles. The van der Waals surface area contributed by atoms with Gasteiger partial charge in [-0.1, -0.05) is 30.3 Å². The number of esters is 1. The van der Waals surface area contributed by atoms with Crippen LogP contribution in [0.1, 0.15) is 11.5 Å². The Balaban J connectivity index is 2.18. The number of hydrogen-bond donors (Lipinski definition) is 2. The summed E-state index contributed by atoms with van der Waals surface area (Å²) in [4.78, 5) is 25.6. The summed E-state index contributed by atoms with van der Waals surface area (Å²) in [6.45, 7) is 2.38. The highest BCUT2D eigenvalue weighted by Crippen LogP contribution is 2.20. The molecule has 2 atom stereocenters. The van der Waals surface area contributed by atoms with E-state index in [9.17, 15) is 9.59 Å². The van der Waals surface area contributed by atoms with Crippen molar-refractivity contribution in [3.63, 3.8) is 0 Å². The van der Waals surface area contributed by atoms with E-state index in [0.717, 1.165) is 12.1 Å². The number of rotatable bonds is 5. The molecule has 21 heavy (non-hydrogen) atoms. The Morgan fingerprint density at radius 3 is 2.76 bits per heavy atom. The van der Waals surface area contributed by atoms with E-state index in [1.807, 2.05) is 35.2 Å². The standard InChI is InChI=1S/C15H21N3O3/c1-21-15(20)12(11-5-3-2-4-6-11)10-18-8-7-17-9-13(18)14(16)19/h2-6,12-13,17H,7-10H2,1H3,(H2,16,19). The molecular formula is C15H21N3O3. The number of carbonyl (C=O) groups is 2. The topological polar surface area (TPSA) is 84.7 Å². The molecule has 0 aliphatic carbocycles. The number of nitrogens with one attached hydrogen (secondary N) is 1. The molecule has 1 heterocycles. The molecule has 3 N–H and O–H groups in total. The average molecular weight is 291 g/mol. The molecule has 0 spiro atoms. The van der Waals surface area contributed by atoms with Gasteiger partial charge in [-0.2, -0.15) is 0 Å². The lowest BCUT2D eigenvalue weighted by Crippen LogP contribution is -2.58. The summed E-state index contributed by atoms with van der Waals surface area (Å²) >= 11 is 0. The third-order valence-electron chi connectivity index (χ3n) is 3.79. The van der Waals surface area contributed by atoms with Crippen molar-refractivity contribution in [3.05, 3.63) is 35.9 Å². The van der Waals surface area contributed by atoms with Crippen LogP contribution in [0.15, 0.2) is 30.3 Å². The minimum Gasteiger partial charge on any atom is -0.469 e. The van der Waals surface area contributed by atoms with E-state index in [1.54, 1.807) is 0 Å². The highest BCUT2D eigenvalue weighted by atomic mass is 16.5. The van der Waals surface area contributed by atoms with Gasteiger partial charge in [0.15, 0.2) is 0 Å². The number of piperazine rings is 1. The fourth-order valence-corrected chi connectivity index (χ4v) is 2.62. The highest BCUT2D eigenvalue weighted by Gasteiger charge is 2.32. The largest absolute Gasteiger partial charge is 0.469 e. The van der Waals surface area contributed by atoms with Gasteiger partial charge in [-0.25, -0.2) is 0 Å². The zero-order valence-electron chi connectivity index (χ0n) is 12.1. The first kappa shape index (κ1) is 15.5. The average Bonchev–Trinajstić information content (AvgIpc) is 2.53. The number of methoxy groups -OCH3 is 1. The molecule has 1 saturated heterocycles. The van der Waals surface area contributed by atoms with Crippen molar-refractivity contribution in [1.82, 2.24) is 10.2 Å². The van der Waals surface area contributed by atoms with Crippen molar-refractivity contribution >= 4 is 11.9 Å². The minimum absolute atomic E-state index is 0.303. The summed E-state index contributed by atoms with van der Waals surface area (Å²) in [6, 6.07) is 9.05. The zero-order chi connectivity index (χ0) is 15.2. The Kier molecular flexibility index (Phi) is 5.30. The van der Waals surface area contributed by atoms with Crippen LogP contribution in [0, 0.1) is 0 Å². The smallest absolute Gasteiger partial charge is 0.314 e. The number of nitrogens with two attached hydrogens (primary N) is 1. The van der Waals surface area contributed by atoms with Crippen molar-refractivity contribution in [1.29, 1.82) is 0 Å². The zero-order valence-corrected chi connectivity index (χ0v) is 12.1. The molecule has 1 aliphatic rings. The van der Waals surface area contributed by atoms with E-state index in [1.165, 1.54) is 7.11 Å². The molecule has 0 saturated carbocycles. The van der Waals surface area contributed by atoms with Crippen molar-refractivity contribution in [2.75, 3.05) is 33.3 Å². The lowest BCUT2D eigenvalue weighted by Gasteiger charge is -2.35. The monoisotopic (exact) mass is 291 g/mol. The third-order valence-corrected chi connectivity index (χ3v) is 3.79. The van der Waals surface area contributed by atoms with E-state index in [2.05, 4.69) is 5.32 Å². The predicted molar refractivity (Wildman–Crippen MR) is 78.6 cm³/mol. The Morgan fingerprint density at radius 1 is 1.43 bits per heavy atom. The van der Waals surface area contributed by atoms with Crippen LogP contribution in [0.3, 0.4) is 0 Å². The summed E-state index contributed by atoms with van der Waals surface area (Å²) < 4.78 is 4.91. The third kappa shape index (κ3) is 3.80. The number of amides is 1. The molecule has 2 unspecified atom stereocenters. The first-order valence-corrected chi connectivity index (χ1v) is 7.00. The number of nitrogens with zero attached hydrogens (tertiary/aromatic N) is 1. The van der Waals surface area contributed by atoms with Crippen LogP contribution in [0.4, 0.5) is 0 Å². The molecular weight excluding hydrogens is 270 g/mol. The van der Waals surface area contributed by atoms with Gasteiger partial charge in [0, 0.05) is 26.2 Å². The fraction of sp³-hybridized carbons (Fsp3) is 0.467. The summed E-state index contributed by atoms with van der Waals surface area (Å²) in [7, 11) is 1.38. The van der Waals surface area contributed by atoms with Crippen molar-refractivity contribution < 1.29 is 14.3 Å². The van der Waals surface area contributed by atoms with Crippen LogP contribution in [0.5, 0.6) is 0 Å². The maximum atomic E-state index is 12.1. The molecule has 114 valence electrons. The summed E-state index contributed by atoms with van der Waals surface area (Å²) in [5, 5.41) is 3.14. The van der Waals surface area contributed by atoms with Gasteiger partial charge >= 0.3 is 5.97 Å². The maximum absolute atomic E-state index is 12.1. The van der Waals surface area contributed by atoms with Crippen molar-refractivity contribution in [2.24, 2.45) is 5.73 Å². The molecule has 6 heteroatoms. The second-order valence-electron chi connectivity index (χ2n) is 5.10. The Hall–Kier alpha value is -1.92. The van der Waals surface area contributed by atoms with E-state index in [4.69, 9.17) is 10.5 Å². The number of hydrogen-bond acceptors (Lipinski definition) is 5. The highest BCUT2D eigenvalue weighted by molar-refractivity contribution is 5.81. The van der Waals surface area contributed by atoms with Gasteiger partial charge in [0.05, 0.1) is 13.0 Å². The molecule has 1 aromatic rings. The van der Waals surface area contributed by atoms with Gasteiger partial charge in [-0.05, 0) is 5.56 Å². The first-order valence-electron chi connectivity index (χ1n) is 7.00. The van der Waals surface area contributed by atoms with E-state index in [0.29, 0.717) is 19.6 Å². The van der Waals surface area contributed by atoms with Gasteiger partial charge < -0.3 is 15.8 Å². The number of benzene rings is 1. The molecule has 0 radical (unpaired) electrons. The van der Waals surface area contributed by atoms with Crippen LogP contribution in [0.25, 0.3) is 0 Å². The SMILES string of the molecule is COC(=O)C(CN1CCNCC1C(N)=O)c1ccccc1. The fourth-order valence-electron chi connectivity index (χ4n) is 2.62. The van der Waals surface area contributed by atoms with Crippen molar-refractivity contribution in [3.8, 4) is 0 Å². The summed E-state index contributed by atoms with van der Waals surface area (Å²) in [6.07, 6.45) is 0. The Bertz CT molecular complexity index is 492. The van der Waals surface area contributed by atoms with Crippen LogP contribution >= 0.6 is 0 Å². The van der Waals surface area contributed by atoms with Gasteiger partial charge in [0.25, 0.3) is 0 Å². The van der Waals surface area contributed by atoms with Gasteiger partial charge in [-0.3, -0.25) is 14.5 Å². The molecule has 2 rings (SSSR count). The van der Waals surface area contributed by atoms with Crippen molar-refractivity contribution in [2.45, 2.75) is 12.0 Å². The van der Waals surface area contributed by atoms with E-state index < -0.39 is 12.0 Å². The Labute approximate surface area is 124 Å². The van der Waals surface area contributed by atoms with Crippen LogP contribution in [-0.2, 0) is 14.3 Å². The first-order chi connectivity index (χ1) is 10.1. The van der Waals surface area contributed by atoms with Crippen LogP contribution in [0.2, 0.25) is 0 Å². The van der Waals surface area contributed by atoms with E-state index >= 15 is 0 Å². The molecule has 6 nitrogen and oxygen atoms in total. The number of primary amides is 1. The lowest BCUT2D eigenvalue weighted by molar-refractivity contribution is -0.143. The molecule has 1 fully saturated rings. The summed E-state index contributed by atoms with van der Waals surface area (Å²) in [5.74, 6) is -1.10. The van der Waals surface area contributed by atoms with Gasteiger partial charge in [0.1, 0.15) is 6.04 Å². The lowest BCUT2D eigenvalue weighted by atomic mass is 9.97. The number of ether oxygens (including phenoxy) is 1. The Morgan fingerprint density at radius 2 is 2.14 bits per heavy atom. The van der Waals surface area contributed by atoms with Crippen LogP contribution < -0.4 is 11.1 Å². The molecule has 1 aliphatic heterocycles. The minimum atomic E-state index is -0.420. The molecule has 0 aromatic heterocycles. The number of carbonyl (C=O) groups excluding carboxylic acids is 2. The molecule has 0 bridgehead atoms. The van der Waals surface area contributed by atoms with Gasteiger partial charge in [0.2, 0.25) is 5.91 Å². The quantitative estimate of drug-likeness (QED) is 0.728. The normalized spacial score (nSPS) is 20.7. The van der Waals surface area contributed by atoms with Gasteiger partial charge in [-0.15, -0.1) is 0 Å². The maximum Gasteiger partial charge on any atom is 0.314 e. The van der Waals surface area contributed by atoms with E-state index in [-0.39, 0.29) is 11.9 Å². The van der Waals surface area contributed by atoms with Crippen LogP contribution in [-0.4, -0.2) is 56.1 Å². The molecule has 1 amide bonds.